The summed E-state index contributed by atoms with van der Waals surface area (Å²) < 4.78 is 1.10. The van der Waals surface area contributed by atoms with E-state index in [1.165, 1.54) is 0 Å². The lowest BCUT2D eigenvalue weighted by molar-refractivity contribution is 1.79. The highest BCUT2D eigenvalue weighted by Crippen LogP contribution is 2.07. The Kier molecular flexibility index (Phi) is 2.52. The third kappa shape index (κ3) is 2.47. The predicted molar refractivity (Wildman–Crippen MR) is 44.4 cm³/mol. The molecule has 1 heteroatoms. The third-order valence-electron chi connectivity index (χ3n) is 0.955. The van der Waals surface area contributed by atoms with Crippen LogP contribution in [-0.4, -0.2) is 0 Å². The van der Waals surface area contributed by atoms with E-state index in [1.807, 2.05) is 42.5 Å². The van der Waals surface area contributed by atoms with E-state index in [-0.39, 0.29) is 0 Å². The van der Waals surface area contributed by atoms with E-state index in [1.54, 1.807) is 0 Å². The van der Waals surface area contributed by atoms with Crippen molar-refractivity contribution in [3.05, 3.63) is 47.0 Å². The van der Waals surface area contributed by atoms with Gasteiger partial charge >= 0.3 is 0 Å². The van der Waals surface area contributed by atoms with Crippen LogP contribution in [0.3, 0.4) is 0 Å². The summed E-state index contributed by atoms with van der Waals surface area (Å²) in [5.41, 5.74) is 0. The highest BCUT2D eigenvalue weighted by molar-refractivity contribution is 9.11. The summed E-state index contributed by atoms with van der Waals surface area (Å²) in [5, 5.41) is 0. The van der Waals surface area contributed by atoms with Gasteiger partial charge in [0.25, 0.3) is 0 Å². The first-order chi connectivity index (χ1) is 4.39. The van der Waals surface area contributed by atoms with Gasteiger partial charge in [-0.15, -0.1) is 0 Å². The molecular formula is C8H7Br. The van der Waals surface area contributed by atoms with Crippen LogP contribution in [-0.2, 0) is 0 Å². The summed E-state index contributed by atoms with van der Waals surface area (Å²) in [4.78, 5) is 0. The van der Waals surface area contributed by atoms with Gasteiger partial charge in [-0.3, -0.25) is 0 Å². The Labute approximate surface area is 63.4 Å². The first-order valence-electron chi connectivity index (χ1n) is 2.77. The van der Waals surface area contributed by atoms with E-state index in [0.29, 0.717) is 0 Å². The molecule has 0 fully saturated rings. The minimum Gasteiger partial charge on any atom is -0.0623 e. The molecule has 0 saturated heterocycles. The van der Waals surface area contributed by atoms with Crippen LogP contribution in [0.4, 0.5) is 0 Å². The van der Waals surface area contributed by atoms with Gasteiger partial charge in [0.05, 0.1) is 0 Å². The molecule has 0 nitrogen and oxygen atoms in total. The summed E-state index contributed by atoms with van der Waals surface area (Å²) in [6.45, 7) is 0. The van der Waals surface area contributed by atoms with Crippen LogP contribution in [0.5, 0.6) is 0 Å². The molecule has 1 aliphatic rings. The quantitative estimate of drug-likeness (QED) is 0.541. The molecule has 0 aromatic heterocycles. The van der Waals surface area contributed by atoms with Gasteiger partial charge in [-0.2, -0.15) is 0 Å². The molecule has 0 aromatic carbocycles. The number of halogens is 1. The summed E-state index contributed by atoms with van der Waals surface area (Å²) in [6.07, 6.45) is 14.0. The van der Waals surface area contributed by atoms with Gasteiger partial charge < -0.3 is 0 Å². The van der Waals surface area contributed by atoms with Gasteiger partial charge in [-0.25, -0.2) is 0 Å². The van der Waals surface area contributed by atoms with Crippen LogP contribution in [0.1, 0.15) is 0 Å². The Morgan fingerprint density at radius 3 is 2.44 bits per heavy atom. The molecule has 0 bridgehead atoms. The molecule has 9 heavy (non-hydrogen) atoms. The normalized spacial score (nSPS) is 33.2. The maximum Gasteiger partial charge on any atom is 0.0175 e. The van der Waals surface area contributed by atoms with Crippen LogP contribution in [0.15, 0.2) is 47.0 Å². The molecule has 0 atom stereocenters. The summed E-state index contributed by atoms with van der Waals surface area (Å²) in [6, 6.07) is 0. The number of allylic oxidation sites excluding steroid dienone is 8. The van der Waals surface area contributed by atoms with Gasteiger partial charge in [0, 0.05) is 4.48 Å². The van der Waals surface area contributed by atoms with E-state index in [9.17, 15) is 0 Å². The van der Waals surface area contributed by atoms with Crippen LogP contribution in [0, 0.1) is 0 Å². The predicted octanol–water partition coefficient (Wildman–Crippen LogP) is 2.95. The van der Waals surface area contributed by atoms with Crippen LogP contribution < -0.4 is 0 Å². The minimum atomic E-state index is 1.10. The second-order valence-electron chi connectivity index (χ2n) is 1.68. The van der Waals surface area contributed by atoms with E-state index in [4.69, 9.17) is 0 Å². The first-order valence-corrected chi connectivity index (χ1v) is 3.56. The molecule has 0 amide bonds. The van der Waals surface area contributed by atoms with Gasteiger partial charge in [0.2, 0.25) is 0 Å². The second kappa shape index (κ2) is 3.46. The fourth-order valence-electron chi connectivity index (χ4n) is 0.543. The largest absolute Gasteiger partial charge is 0.0623 e. The maximum absolute atomic E-state index is 3.36. The Hall–Kier alpha value is -0.560. The van der Waals surface area contributed by atoms with Crippen molar-refractivity contribution in [1.82, 2.24) is 0 Å². The van der Waals surface area contributed by atoms with Crippen LogP contribution in [0.2, 0.25) is 0 Å². The molecule has 1 rings (SSSR count). The number of hydrogen-bond donors (Lipinski definition) is 0. The zero-order valence-corrected chi connectivity index (χ0v) is 6.51. The smallest absolute Gasteiger partial charge is 0.0175 e. The Morgan fingerprint density at radius 2 is 1.56 bits per heavy atom. The van der Waals surface area contributed by atoms with E-state index in [0.717, 1.165) is 4.48 Å². The average Bonchev–Trinajstić information content (AvgIpc) is 1.79. The molecule has 46 valence electrons. The van der Waals surface area contributed by atoms with E-state index < -0.39 is 0 Å². The molecular weight excluding hydrogens is 176 g/mol. The SMILES string of the molecule is BrC1=C/C=C\C=C/C=C\1. The molecule has 0 saturated carbocycles. The van der Waals surface area contributed by atoms with Crippen molar-refractivity contribution in [3.8, 4) is 0 Å². The van der Waals surface area contributed by atoms with Crippen molar-refractivity contribution in [3.63, 3.8) is 0 Å². The van der Waals surface area contributed by atoms with Crippen LogP contribution in [0.25, 0.3) is 0 Å². The Balaban J connectivity index is 2.77. The zero-order chi connectivity index (χ0) is 6.53. The zero-order valence-electron chi connectivity index (χ0n) is 4.92. The lowest BCUT2D eigenvalue weighted by Crippen LogP contribution is -1.62. The molecule has 0 N–H and O–H groups in total. The van der Waals surface area contributed by atoms with Gasteiger partial charge in [0.15, 0.2) is 0 Å². The van der Waals surface area contributed by atoms with E-state index in [2.05, 4.69) is 15.9 Å². The molecule has 0 aliphatic heterocycles. The van der Waals surface area contributed by atoms with Crippen molar-refractivity contribution in [1.29, 1.82) is 0 Å². The summed E-state index contributed by atoms with van der Waals surface area (Å²) in [7, 11) is 0. The molecule has 0 heterocycles. The fraction of sp³-hybridized carbons (Fsp3) is 0. The molecule has 0 aromatic rings. The highest BCUT2D eigenvalue weighted by Gasteiger charge is 1.79. The van der Waals surface area contributed by atoms with Crippen LogP contribution >= 0.6 is 15.9 Å². The monoisotopic (exact) mass is 182 g/mol. The Bertz CT molecular complexity index is 195. The van der Waals surface area contributed by atoms with Gasteiger partial charge in [0.1, 0.15) is 0 Å². The third-order valence-corrected chi connectivity index (χ3v) is 1.48. The summed E-state index contributed by atoms with van der Waals surface area (Å²) in [5.74, 6) is 0. The number of hydrogen-bond acceptors (Lipinski definition) is 0. The van der Waals surface area contributed by atoms with Crippen molar-refractivity contribution < 1.29 is 0 Å². The first kappa shape index (κ1) is 6.56. The Morgan fingerprint density at radius 1 is 0.889 bits per heavy atom. The van der Waals surface area contributed by atoms with Crippen molar-refractivity contribution >= 4 is 15.9 Å². The van der Waals surface area contributed by atoms with Gasteiger partial charge in [-0.1, -0.05) is 46.3 Å². The topological polar surface area (TPSA) is 0 Å². The fourth-order valence-corrected chi connectivity index (χ4v) is 0.848. The minimum absolute atomic E-state index is 1.10. The highest BCUT2D eigenvalue weighted by atomic mass is 79.9. The summed E-state index contributed by atoms with van der Waals surface area (Å²) >= 11 is 3.36. The van der Waals surface area contributed by atoms with Crippen molar-refractivity contribution in [2.75, 3.05) is 0 Å². The second-order valence-corrected chi connectivity index (χ2v) is 2.60. The maximum atomic E-state index is 3.36. The molecule has 1 aliphatic carbocycles. The molecule has 0 spiro atoms. The number of rotatable bonds is 0. The van der Waals surface area contributed by atoms with Gasteiger partial charge in [-0.05, 0) is 12.2 Å². The molecule has 0 unspecified atom stereocenters. The van der Waals surface area contributed by atoms with E-state index >= 15 is 0 Å². The van der Waals surface area contributed by atoms with Crippen molar-refractivity contribution in [2.45, 2.75) is 0 Å². The standard InChI is InChI=1S/C8H7Br/c9-8-6-4-2-1-3-5-7-8/h1-7H/b2-1-,3-1?,4-2?,5-3-,6-4-,7-5?,8-6?,8-7+. The average molecular weight is 183 g/mol. The van der Waals surface area contributed by atoms with Crippen molar-refractivity contribution in [2.24, 2.45) is 0 Å². The molecule has 0 radical (unpaired) electrons. The lowest BCUT2D eigenvalue weighted by atomic mass is 10.3. The lowest BCUT2D eigenvalue weighted by Gasteiger charge is -1.85.